The Hall–Kier alpha value is -1.60. The van der Waals surface area contributed by atoms with Crippen molar-refractivity contribution < 1.29 is 8.42 Å². The van der Waals surface area contributed by atoms with Crippen LogP contribution in [0.15, 0.2) is 45.9 Å². The van der Waals surface area contributed by atoms with Gasteiger partial charge in [0.1, 0.15) is 4.60 Å². The fourth-order valence-electron chi connectivity index (χ4n) is 1.55. The van der Waals surface area contributed by atoms with Crippen LogP contribution < -0.4 is 10.5 Å². The number of benzene rings is 1. The molecule has 3 N–H and O–H groups in total. The Morgan fingerprint density at radius 1 is 1.21 bits per heavy atom. The predicted molar refractivity (Wildman–Crippen MR) is 78.3 cm³/mol. The van der Waals surface area contributed by atoms with E-state index in [-0.39, 0.29) is 4.90 Å². The normalized spacial score (nSPS) is 11.3. The number of nitrogens with one attached hydrogen (secondary N) is 1. The zero-order valence-corrected chi connectivity index (χ0v) is 12.5. The van der Waals surface area contributed by atoms with E-state index in [1.807, 2.05) is 0 Å². The van der Waals surface area contributed by atoms with Gasteiger partial charge in [-0.1, -0.05) is 0 Å². The Morgan fingerprint density at radius 3 is 2.42 bits per heavy atom. The summed E-state index contributed by atoms with van der Waals surface area (Å²) in [7, 11) is -3.62. The van der Waals surface area contributed by atoms with Crippen LogP contribution in [0.1, 0.15) is 5.69 Å². The maximum Gasteiger partial charge on any atom is 0.261 e. The maximum atomic E-state index is 12.1. The van der Waals surface area contributed by atoms with Crippen molar-refractivity contribution >= 4 is 37.3 Å². The van der Waals surface area contributed by atoms with Crippen LogP contribution in [0, 0.1) is 6.92 Å². The SMILES string of the molecule is Cc1cc(NS(=O)(=O)c2ccc(N)cc2)cc(Br)n1. The number of hydrogen-bond donors (Lipinski definition) is 2. The molecule has 0 aliphatic carbocycles. The first-order valence-electron chi connectivity index (χ1n) is 5.39. The third-order valence-electron chi connectivity index (χ3n) is 2.36. The largest absolute Gasteiger partial charge is 0.399 e. The van der Waals surface area contributed by atoms with E-state index in [9.17, 15) is 8.42 Å². The molecule has 0 atom stereocenters. The van der Waals surface area contributed by atoms with Crippen LogP contribution >= 0.6 is 15.9 Å². The molecule has 0 saturated heterocycles. The second-order valence-electron chi connectivity index (χ2n) is 3.99. The number of rotatable bonds is 3. The van der Waals surface area contributed by atoms with Crippen molar-refractivity contribution in [1.29, 1.82) is 0 Å². The standard InChI is InChI=1S/C12H12BrN3O2S/c1-8-6-10(7-12(13)15-8)16-19(17,18)11-4-2-9(14)3-5-11/h2-7H,14H2,1H3,(H,15,16). The lowest BCUT2D eigenvalue weighted by molar-refractivity contribution is 0.601. The van der Waals surface area contributed by atoms with Crippen LogP contribution in [-0.4, -0.2) is 13.4 Å². The summed E-state index contributed by atoms with van der Waals surface area (Å²) in [5.41, 5.74) is 7.21. The Kier molecular flexibility index (Phi) is 3.77. The molecule has 0 fully saturated rings. The second kappa shape index (κ2) is 5.18. The third kappa shape index (κ3) is 3.45. The Morgan fingerprint density at radius 2 is 1.84 bits per heavy atom. The molecule has 0 aliphatic rings. The molecule has 2 aromatic rings. The third-order valence-corrected chi connectivity index (χ3v) is 4.17. The zero-order valence-electron chi connectivity index (χ0n) is 10.1. The molecule has 5 nitrogen and oxygen atoms in total. The second-order valence-corrected chi connectivity index (χ2v) is 6.49. The van der Waals surface area contributed by atoms with Gasteiger partial charge in [0.2, 0.25) is 0 Å². The molecule has 2 rings (SSSR count). The van der Waals surface area contributed by atoms with Crippen LogP contribution in [0.2, 0.25) is 0 Å². The van der Waals surface area contributed by atoms with Gasteiger partial charge in [-0.25, -0.2) is 13.4 Å². The Labute approximate surface area is 120 Å². The molecular formula is C12H12BrN3O2S. The summed E-state index contributed by atoms with van der Waals surface area (Å²) in [6, 6.07) is 9.26. The average molecular weight is 342 g/mol. The van der Waals surface area contributed by atoms with Gasteiger partial charge in [-0.2, -0.15) is 0 Å². The summed E-state index contributed by atoms with van der Waals surface area (Å²) in [6.45, 7) is 1.78. The number of sulfonamides is 1. The fourth-order valence-corrected chi connectivity index (χ4v) is 3.11. The molecule has 0 unspecified atom stereocenters. The summed E-state index contributed by atoms with van der Waals surface area (Å²) in [5.74, 6) is 0. The minimum Gasteiger partial charge on any atom is -0.399 e. The van der Waals surface area contributed by atoms with Gasteiger partial charge in [0, 0.05) is 11.4 Å². The molecular weight excluding hydrogens is 330 g/mol. The van der Waals surface area contributed by atoms with E-state index in [0.717, 1.165) is 0 Å². The lowest BCUT2D eigenvalue weighted by Crippen LogP contribution is -2.13. The number of halogens is 1. The van der Waals surface area contributed by atoms with E-state index in [2.05, 4.69) is 25.6 Å². The van der Waals surface area contributed by atoms with Crippen molar-refractivity contribution in [2.24, 2.45) is 0 Å². The highest BCUT2D eigenvalue weighted by molar-refractivity contribution is 9.10. The van der Waals surface area contributed by atoms with Gasteiger partial charge >= 0.3 is 0 Å². The van der Waals surface area contributed by atoms with Crippen molar-refractivity contribution in [1.82, 2.24) is 4.98 Å². The molecule has 0 radical (unpaired) electrons. The van der Waals surface area contributed by atoms with Crippen molar-refractivity contribution in [3.8, 4) is 0 Å². The zero-order chi connectivity index (χ0) is 14.0. The molecule has 1 aromatic carbocycles. The van der Waals surface area contributed by atoms with Crippen LogP contribution in [0.25, 0.3) is 0 Å². The van der Waals surface area contributed by atoms with Gasteiger partial charge in [-0.3, -0.25) is 4.72 Å². The van der Waals surface area contributed by atoms with Crippen molar-refractivity contribution in [3.05, 3.63) is 46.7 Å². The summed E-state index contributed by atoms with van der Waals surface area (Å²) < 4.78 is 27.4. The molecule has 0 amide bonds. The molecule has 100 valence electrons. The number of aryl methyl sites for hydroxylation is 1. The van der Waals surface area contributed by atoms with Crippen LogP contribution in [0.5, 0.6) is 0 Å². The number of hydrogen-bond acceptors (Lipinski definition) is 4. The highest BCUT2D eigenvalue weighted by Crippen LogP contribution is 2.20. The van der Waals surface area contributed by atoms with Crippen molar-refractivity contribution in [3.63, 3.8) is 0 Å². The van der Waals surface area contributed by atoms with E-state index in [1.165, 1.54) is 12.1 Å². The summed E-state index contributed by atoms with van der Waals surface area (Å²) in [6.07, 6.45) is 0. The predicted octanol–water partition coefficient (Wildman–Crippen LogP) is 2.54. The van der Waals surface area contributed by atoms with Crippen molar-refractivity contribution in [2.75, 3.05) is 10.5 Å². The molecule has 1 heterocycles. The number of pyridine rings is 1. The van der Waals surface area contributed by atoms with Gasteiger partial charge < -0.3 is 5.73 Å². The van der Waals surface area contributed by atoms with E-state index in [0.29, 0.717) is 21.7 Å². The van der Waals surface area contributed by atoms with Gasteiger partial charge in [0.05, 0.1) is 10.6 Å². The van der Waals surface area contributed by atoms with Gasteiger partial charge in [-0.05, 0) is 59.3 Å². The molecule has 7 heteroatoms. The number of nitrogens with two attached hydrogens (primary N) is 1. The summed E-state index contributed by atoms with van der Waals surface area (Å²) in [4.78, 5) is 4.27. The average Bonchev–Trinajstić information content (AvgIpc) is 2.27. The number of aromatic nitrogens is 1. The quantitative estimate of drug-likeness (QED) is 0.663. The minimum absolute atomic E-state index is 0.160. The minimum atomic E-state index is -3.62. The molecule has 19 heavy (non-hydrogen) atoms. The first-order valence-corrected chi connectivity index (χ1v) is 7.67. The fraction of sp³-hybridized carbons (Fsp3) is 0.0833. The Balaban J connectivity index is 2.33. The summed E-state index contributed by atoms with van der Waals surface area (Å²) in [5, 5.41) is 0. The first-order chi connectivity index (χ1) is 8.87. The highest BCUT2D eigenvalue weighted by atomic mass is 79.9. The maximum absolute atomic E-state index is 12.1. The molecule has 0 bridgehead atoms. The molecule has 0 saturated carbocycles. The number of nitrogen functional groups attached to an aromatic ring is 1. The van der Waals surface area contributed by atoms with Crippen molar-refractivity contribution in [2.45, 2.75) is 11.8 Å². The highest BCUT2D eigenvalue weighted by Gasteiger charge is 2.14. The lowest BCUT2D eigenvalue weighted by atomic mass is 10.3. The topological polar surface area (TPSA) is 85.1 Å². The van der Waals surface area contributed by atoms with Gasteiger partial charge in [0.25, 0.3) is 10.0 Å². The Bertz CT molecular complexity index is 679. The van der Waals surface area contributed by atoms with E-state index < -0.39 is 10.0 Å². The van der Waals surface area contributed by atoms with Crippen LogP contribution in [0.3, 0.4) is 0 Å². The van der Waals surface area contributed by atoms with E-state index in [4.69, 9.17) is 5.73 Å². The molecule has 0 spiro atoms. The van der Waals surface area contributed by atoms with E-state index in [1.54, 1.807) is 31.2 Å². The van der Waals surface area contributed by atoms with Crippen LogP contribution in [0.4, 0.5) is 11.4 Å². The number of anilines is 2. The van der Waals surface area contributed by atoms with Gasteiger partial charge in [0.15, 0.2) is 0 Å². The molecule has 0 aliphatic heterocycles. The lowest BCUT2D eigenvalue weighted by Gasteiger charge is -2.09. The van der Waals surface area contributed by atoms with Crippen LogP contribution in [-0.2, 0) is 10.0 Å². The smallest absolute Gasteiger partial charge is 0.261 e. The molecule has 1 aromatic heterocycles. The summed E-state index contributed by atoms with van der Waals surface area (Å²) >= 11 is 3.22. The number of nitrogens with zero attached hydrogens (tertiary/aromatic N) is 1. The van der Waals surface area contributed by atoms with E-state index >= 15 is 0 Å². The monoisotopic (exact) mass is 341 g/mol. The first kappa shape index (κ1) is 13.8. The van der Waals surface area contributed by atoms with Gasteiger partial charge in [-0.15, -0.1) is 0 Å².